The third-order valence-corrected chi connectivity index (χ3v) is 4.39. The van der Waals surface area contributed by atoms with Crippen LogP contribution in [0.15, 0.2) is 45.8 Å². The van der Waals surface area contributed by atoms with Gasteiger partial charge in [-0.05, 0) is 31.2 Å². The Labute approximate surface area is 150 Å². The smallest absolute Gasteiger partial charge is 0.256 e. The van der Waals surface area contributed by atoms with Crippen LogP contribution in [0.4, 0.5) is 18.9 Å². The number of halogens is 3. The molecule has 5 nitrogen and oxygen atoms in total. The predicted octanol–water partition coefficient (Wildman–Crippen LogP) is 4.34. The molecule has 0 spiro atoms. The monoisotopic (exact) mass is 379 g/mol. The summed E-state index contributed by atoms with van der Waals surface area (Å²) in [5.74, 6) is -3.84. The zero-order valence-electron chi connectivity index (χ0n) is 13.4. The van der Waals surface area contributed by atoms with E-state index in [1.165, 1.54) is 17.8 Å². The first-order valence-electron chi connectivity index (χ1n) is 7.41. The molecule has 2 aromatic carbocycles. The Morgan fingerprint density at radius 2 is 1.92 bits per heavy atom. The summed E-state index contributed by atoms with van der Waals surface area (Å²) in [6.45, 7) is 1.69. The molecule has 1 heterocycles. The van der Waals surface area contributed by atoms with E-state index in [1.807, 2.05) is 0 Å². The Hall–Kier alpha value is -2.81. The first kappa shape index (κ1) is 18.0. The fourth-order valence-electron chi connectivity index (χ4n) is 2.13. The summed E-state index contributed by atoms with van der Waals surface area (Å²) in [6.07, 6.45) is 0. The highest BCUT2D eigenvalue weighted by Crippen LogP contribution is 2.27. The predicted molar refractivity (Wildman–Crippen MR) is 89.3 cm³/mol. The second kappa shape index (κ2) is 7.61. The van der Waals surface area contributed by atoms with Gasteiger partial charge in [-0.3, -0.25) is 4.79 Å². The average Bonchev–Trinajstić information content (AvgIpc) is 3.06. The van der Waals surface area contributed by atoms with E-state index >= 15 is 0 Å². The van der Waals surface area contributed by atoms with Crippen molar-refractivity contribution in [3.05, 3.63) is 71.1 Å². The van der Waals surface area contributed by atoms with Crippen molar-refractivity contribution in [1.82, 2.24) is 10.1 Å². The van der Waals surface area contributed by atoms with Crippen molar-refractivity contribution in [3.63, 3.8) is 0 Å². The molecule has 0 aliphatic carbocycles. The van der Waals surface area contributed by atoms with E-state index in [4.69, 9.17) is 4.52 Å². The summed E-state index contributed by atoms with van der Waals surface area (Å²) >= 11 is 1.28. The lowest BCUT2D eigenvalue weighted by molar-refractivity contribution is 0.102. The van der Waals surface area contributed by atoms with Gasteiger partial charge in [0.05, 0.1) is 17.0 Å². The molecule has 1 aromatic heterocycles. The quantitative estimate of drug-likeness (QED) is 0.528. The molecule has 0 saturated carbocycles. The van der Waals surface area contributed by atoms with Crippen molar-refractivity contribution in [2.75, 3.05) is 5.32 Å². The van der Waals surface area contributed by atoms with Gasteiger partial charge in [-0.15, -0.1) is 11.8 Å². The van der Waals surface area contributed by atoms with Gasteiger partial charge in [0.15, 0.2) is 23.3 Å². The van der Waals surface area contributed by atoms with E-state index in [1.54, 1.807) is 25.1 Å². The lowest BCUT2D eigenvalue weighted by Gasteiger charge is -2.10. The molecule has 3 aromatic rings. The van der Waals surface area contributed by atoms with Crippen LogP contribution in [0.1, 0.15) is 22.1 Å². The molecule has 0 atom stereocenters. The third-order valence-electron chi connectivity index (χ3n) is 3.34. The van der Waals surface area contributed by atoms with Gasteiger partial charge in [0.25, 0.3) is 5.91 Å². The SMILES string of the molecule is Cc1noc(CSc2ccccc2C(=O)Nc2ccc(F)c(F)c2F)n1. The van der Waals surface area contributed by atoms with E-state index in [2.05, 4.69) is 15.5 Å². The van der Waals surface area contributed by atoms with E-state index < -0.39 is 29.0 Å². The van der Waals surface area contributed by atoms with Crippen LogP contribution < -0.4 is 5.32 Å². The molecule has 9 heteroatoms. The fraction of sp³-hybridized carbons (Fsp3) is 0.118. The lowest BCUT2D eigenvalue weighted by atomic mass is 10.2. The zero-order chi connectivity index (χ0) is 18.7. The van der Waals surface area contributed by atoms with Crippen LogP contribution in [0.2, 0.25) is 0 Å². The first-order chi connectivity index (χ1) is 12.5. The standard InChI is InChI=1S/C17H12F3N3O2S/c1-9-21-14(25-23-9)8-26-13-5-3-2-4-10(13)17(24)22-12-7-6-11(18)15(19)16(12)20/h2-7H,8H2,1H3,(H,22,24). The van der Waals surface area contributed by atoms with Gasteiger partial charge in [-0.1, -0.05) is 17.3 Å². The summed E-state index contributed by atoms with van der Waals surface area (Å²) in [7, 11) is 0. The van der Waals surface area contributed by atoms with Crippen LogP contribution in [-0.2, 0) is 5.75 Å². The molecule has 26 heavy (non-hydrogen) atoms. The van der Waals surface area contributed by atoms with Gasteiger partial charge in [0, 0.05) is 4.90 Å². The number of amides is 1. The Kier molecular flexibility index (Phi) is 5.27. The first-order valence-corrected chi connectivity index (χ1v) is 8.40. The van der Waals surface area contributed by atoms with Gasteiger partial charge >= 0.3 is 0 Å². The second-order valence-corrected chi connectivity index (χ2v) is 6.21. The molecule has 3 rings (SSSR count). The number of carbonyl (C=O) groups excluding carboxylic acids is 1. The molecule has 0 unspecified atom stereocenters. The summed E-state index contributed by atoms with van der Waals surface area (Å²) in [5.41, 5.74) is -0.195. The van der Waals surface area contributed by atoms with E-state index in [-0.39, 0.29) is 5.56 Å². The normalized spacial score (nSPS) is 10.8. The number of rotatable bonds is 5. The Bertz CT molecular complexity index is 962. The lowest BCUT2D eigenvalue weighted by Crippen LogP contribution is -2.15. The maximum absolute atomic E-state index is 13.7. The third kappa shape index (κ3) is 3.88. The van der Waals surface area contributed by atoms with E-state index in [0.29, 0.717) is 22.4 Å². The molecule has 0 bridgehead atoms. The van der Waals surface area contributed by atoms with Crippen molar-refractivity contribution < 1.29 is 22.5 Å². The van der Waals surface area contributed by atoms with E-state index in [9.17, 15) is 18.0 Å². The molecule has 1 N–H and O–H groups in total. The summed E-state index contributed by atoms with van der Waals surface area (Å²) in [4.78, 5) is 17.1. The van der Waals surface area contributed by atoms with Crippen molar-refractivity contribution in [2.24, 2.45) is 0 Å². The number of aromatic nitrogens is 2. The Balaban J connectivity index is 1.78. The van der Waals surface area contributed by atoms with Crippen LogP contribution in [-0.4, -0.2) is 16.0 Å². The van der Waals surface area contributed by atoms with Crippen molar-refractivity contribution in [3.8, 4) is 0 Å². The van der Waals surface area contributed by atoms with Crippen LogP contribution in [0, 0.1) is 24.4 Å². The maximum atomic E-state index is 13.7. The van der Waals surface area contributed by atoms with Crippen LogP contribution in [0.3, 0.4) is 0 Å². The number of anilines is 1. The molecule has 0 aliphatic rings. The molecule has 1 amide bonds. The minimum atomic E-state index is -1.64. The number of nitrogens with one attached hydrogen (secondary N) is 1. The molecule has 0 radical (unpaired) electrons. The Morgan fingerprint density at radius 1 is 1.15 bits per heavy atom. The fourth-order valence-corrected chi connectivity index (χ4v) is 3.02. The molecule has 0 fully saturated rings. The number of thioether (sulfide) groups is 1. The minimum absolute atomic E-state index is 0.248. The molecular formula is C17H12F3N3O2S. The van der Waals surface area contributed by atoms with Crippen LogP contribution in [0.5, 0.6) is 0 Å². The van der Waals surface area contributed by atoms with Gasteiger partial charge in [0.1, 0.15) is 0 Å². The number of carbonyl (C=O) groups is 1. The topological polar surface area (TPSA) is 68.0 Å². The highest BCUT2D eigenvalue weighted by Gasteiger charge is 2.18. The maximum Gasteiger partial charge on any atom is 0.256 e. The van der Waals surface area contributed by atoms with Gasteiger partial charge in [-0.2, -0.15) is 4.98 Å². The number of nitrogens with zero attached hydrogens (tertiary/aromatic N) is 2. The van der Waals surface area contributed by atoms with Gasteiger partial charge in [0.2, 0.25) is 5.89 Å². The molecule has 0 aliphatic heterocycles. The summed E-state index contributed by atoms with van der Waals surface area (Å²) in [5, 5.41) is 5.93. The van der Waals surface area contributed by atoms with Gasteiger partial charge in [-0.25, -0.2) is 13.2 Å². The van der Waals surface area contributed by atoms with Crippen molar-refractivity contribution in [1.29, 1.82) is 0 Å². The molecule has 134 valence electrons. The Morgan fingerprint density at radius 3 is 2.65 bits per heavy atom. The second-order valence-electron chi connectivity index (χ2n) is 5.20. The summed E-state index contributed by atoms with van der Waals surface area (Å²) in [6, 6.07) is 8.31. The van der Waals surface area contributed by atoms with E-state index in [0.717, 1.165) is 12.1 Å². The number of benzene rings is 2. The highest BCUT2D eigenvalue weighted by atomic mass is 32.2. The number of hydrogen-bond acceptors (Lipinski definition) is 5. The van der Waals surface area contributed by atoms with Crippen molar-refractivity contribution >= 4 is 23.4 Å². The zero-order valence-corrected chi connectivity index (χ0v) is 14.2. The largest absolute Gasteiger partial charge is 0.338 e. The van der Waals surface area contributed by atoms with Crippen molar-refractivity contribution in [2.45, 2.75) is 17.6 Å². The number of aryl methyl sites for hydroxylation is 1. The number of hydrogen-bond donors (Lipinski definition) is 1. The highest BCUT2D eigenvalue weighted by molar-refractivity contribution is 7.98. The van der Waals surface area contributed by atoms with Gasteiger partial charge < -0.3 is 9.84 Å². The van der Waals surface area contributed by atoms with Crippen LogP contribution >= 0.6 is 11.8 Å². The van der Waals surface area contributed by atoms with Crippen LogP contribution in [0.25, 0.3) is 0 Å². The molecular weight excluding hydrogens is 367 g/mol. The average molecular weight is 379 g/mol. The minimum Gasteiger partial charge on any atom is -0.338 e. The molecule has 0 saturated heterocycles. The summed E-state index contributed by atoms with van der Waals surface area (Å²) < 4.78 is 45.1.